The molecule has 0 aromatic heterocycles. The first-order valence-electron chi connectivity index (χ1n) is 13.6. The quantitative estimate of drug-likeness (QED) is 0.315. The van der Waals surface area contributed by atoms with E-state index < -0.39 is 5.41 Å². The maximum Gasteiger partial charge on any atom is 0.305 e. The van der Waals surface area contributed by atoms with Crippen LogP contribution < -0.4 is 10.2 Å². The number of hydrogen-bond acceptors (Lipinski definition) is 4. The zero-order valence-corrected chi connectivity index (χ0v) is 23.2. The van der Waals surface area contributed by atoms with Gasteiger partial charge in [0.25, 0.3) is 0 Å². The SMILES string of the molecule is COC(=O)CCc1cccc(NC(=O)C2(Cc3ccc(-c4ccc(N(C)C)cc4)cc3)CCCCC2)c1C. The van der Waals surface area contributed by atoms with Crippen LogP contribution in [0.5, 0.6) is 0 Å². The fourth-order valence-corrected chi connectivity index (χ4v) is 5.55. The Hall–Kier alpha value is -3.60. The third-order valence-corrected chi connectivity index (χ3v) is 8.03. The highest BCUT2D eigenvalue weighted by atomic mass is 16.5. The van der Waals surface area contributed by atoms with Crippen LogP contribution in [0.4, 0.5) is 11.4 Å². The van der Waals surface area contributed by atoms with Crippen molar-refractivity contribution >= 4 is 23.3 Å². The zero-order chi connectivity index (χ0) is 27.1. The summed E-state index contributed by atoms with van der Waals surface area (Å²) in [5.74, 6) is -0.120. The molecule has 1 saturated carbocycles. The number of ether oxygens (including phenoxy) is 1. The molecule has 0 unspecified atom stereocenters. The Kier molecular flexibility index (Phi) is 8.88. The first-order chi connectivity index (χ1) is 18.3. The average Bonchev–Trinajstić information content (AvgIpc) is 2.94. The van der Waals surface area contributed by atoms with E-state index in [0.717, 1.165) is 48.9 Å². The van der Waals surface area contributed by atoms with Crippen LogP contribution in [0.3, 0.4) is 0 Å². The lowest BCUT2D eigenvalue weighted by Gasteiger charge is -2.36. The molecule has 0 atom stereocenters. The largest absolute Gasteiger partial charge is 0.469 e. The molecular weight excluding hydrogens is 472 g/mol. The molecule has 4 rings (SSSR count). The van der Waals surface area contributed by atoms with E-state index in [0.29, 0.717) is 12.8 Å². The predicted molar refractivity (Wildman–Crippen MR) is 156 cm³/mol. The van der Waals surface area contributed by atoms with Gasteiger partial charge in [0.15, 0.2) is 0 Å². The Morgan fingerprint density at radius 1 is 0.895 bits per heavy atom. The summed E-state index contributed by atoms with van der Waals surface area (Å²) >= 11 is 0. The van der Waals surface area contributed by atoms with Crippen LogP contribution in [-0.2, 0) is 27.2 Å². The van der Waals surface area contributed by atoms with Crippen molar-refractivity contribution in [3.63, 3.8) is 0 Å². The van der Waals surface area contributed by atoms with Crippen molar-refractivity contribution in [1.82, 2.24) is 0 Å². The Labute approximate surface area is 227 Å². The van der Waals surface area contributed by atoms with Crippen molar-refractivity contribution in [3.05, 3.63) is 83.4 Å². The normalized spacial score (nSPS) is 14.5. The van der Waals surface area contributed by atoms with Crippen LogP contribution in [-0.4, -0.2) is 33.1 Å². The molecule has 38 heavy (non-hydrogen) atoms. The Morgan fingerprint density at radius 3 is 2.13 bits per heavy atom. The van der Waals surface area contributed by atoms with Crippen LogP contribution in [0, 0.1) is 12.3 Å². The minimum absolute atomic E-state index is 0.105. The van der Waals surface area contributed by atoms with Crippen molar-refractivity contribution < 1.29 is 14.3 Å². The molecule has 0 bridgehead atoms. The van der Waals surface area contributed by atoms with E-state index in [1.807, 2.05) is 39.2 Å². The molecular formula is C33H40N2O3. The molecule has 1 fully saturated rings. The smallest absolute Gasteiger partial charge is 0.305 e. The van der Waals surface area contributed by atoms with Gasteiger partial charge >= 0.3 is 5.97 Å². The molecule has 3 aromatic rings. The summed E-state index contributed by atoms with van der Waals surface area (Å²) in [6, 6.07) is 23.2. The van der Waals surface area contributed by atoms with Crippen LogP contribution in [0.25, 0.3) is 11.1 Å². The number of nitrogens with one attached hydrogen (secondary N) is 1. The summed E-state index contributed by atoms with van der Waals surface area (Å²) in [6.07, 6.45) is 6.77. The third-order valence-electron chi connectivity index (χ3n) is 8.03. The van der Waals surface area contributed by atoms with Gasteiger partial charge < -0.3 is 15.0 Å². The highest BCUT2D eigenvalue weighted by Gasteiger charge is 2.39. The summed E-state index contributed by atoms with van der Waals surface area (Å²) < 4.78 is 4.79. The van der Waals surface area contributed by atoms with Gasteiger partial charge in [-0.1, -0.05) is 67.8 Å². The second kappa shape index (κ2) is 12.3. The average molecular weight is 513 g/mol. The lowest BCUT2D eigenvalue weighted by atomic mass is 9.69. The Bertz CT molecular complexity index is 1240. The molecule has 1 aliphatic carbocycles. The van der Waals surface area contributed by atoms with Crippen LogP contribution in [0.2, 0.25) is 0 Å². The molecule has 1 aliphatic rings. The lowest BCUT2D eigenvalue weighted by molar-refractivity contribution is -0.140. The molecule has 3 aromatic carbocycles. The van der Waals surface area contributed by atoms with Gasteiger partial charge in [-0.2, -0.15) is 0 Å². The maximum atomic E-state index is 13.9. The molecule has 0 radical (unpaired) electrons. The number of esters is 1. The van der Waals surface area contributed by atoms with Gasteiger partial charge in [0.2, 0.25) is 5.91 Å². The molecule has 0 spiro atoms. The second-order valence-electron chi connectivity index (χ2n) is 10.8. The molecule has 5 nitrogen and oxygen atoms in total. The Balaban J connectivity index is 1.50. The standard InChI is InChI=1S/C33H40N2O3/c1-24-26(17-20-31(36)38-4)9-8-10-30(24)34-32(37)33(21-6-5-7-22-33)23-25-11-13-27(14-12-25)28-15-18-29(19-16-28)35(2)3/h8-16,18-19H,5-7,17,20-23H2,1-4H3,(H,34,37). The van der Waals surface area contributed by atoms with Gasteiger partial charge in [-0.3, -0.25) is 9.59 Å². The summed E-state index contributed by atoms with van der Waals surface area (Å²) in [5.41, 5.74) is 7.23. The number of carbonyl (C=O) groups is 2. The number of aryl methyl sites for hydroxylation is 1. The van der Waals surface area contributed by atoms with Gasteiger partial charge in [0, 0.05) is 31.9 Å². The second-order valence-corrected chi connectivity index (χ2v) is 10.8. The van der Waals surface area contributed by atoms with Gasteiger partial charge in [0.1, 0.15) is 0 Å². The molecule has 5 heteroatoms. The van der Waals surface area contributed by atoms with Gasteiger partial charge in [0.05, 0.1) is 12.5 Å². The minimum atomic E-state index is -0.415. The zero-order valence-electron chi connectivity index (χ0n) is 23.2. The number of anilines is 2. The molecule has 0 aliphatic heterocycles. The summed E-state index contributed by atoms with van der Waals surface area (Å²) in [4.78, 5) is 27.6. The number of rotatable bonds is 9. The van der Waals surface area contributed by atoms with E-state index in [1.54, 1.807) is 0 Å². The van der Waals surface area contributed by atoms with E-state index in [2.05, 4.69) is 58.7 Å². The van der Waals surface area contributed by atoms with E-state index in [1.165, 1.54) is 35.9 Å². The maximum absolute atomic E-state index is 13.9. The highest BCUT2D eigenvalue weighted by Crippen LogP contribution is 2.41. The van der Waals surface area contributed by atoms with E-state index in [4.69, 9.17) is 4.74 Å². The number of hydrogen-bond donors (Lipinski definition) is 1. The molecule has 0 heterocycles. The number of benzene rings is 3. The molecule has 200 valence electrons. The van der Waals surface area contributed by atoms with Crippen LogP contribution >= 0.6 is 0 Å². The van der Waals surface area contributed by atoms with Crippen molar-refractivity contribution in [2.75, 3.05) is 31.4 Å². The molecule has 0 saturated heterocycles. The number of nitrogens with zero attached hydrogens (tertiary/aromatic N) is 1. The van der Waals surface area contributed by atoms with Crippen LogP contribution in [0.15, 0.2) is 66.7 Å². The monoisotopic (exact) mass is 512 g/mol. The van der Waals surface area contributed by atoms with E-state index >= 15 is 0 Å². The Morgan fingerprint density at radius 2 is 1.53 bits per heavy atom. The molecule has 1 N–H and O–H groups in total. The summed E-state index contributed by atoms with van der Waals surface area (Å²) in [5, 5.41) is 3.28. The van der Waals surface area contributed by atoms with Gasteiger partial charge in [-0.05, 0) is 78.6 Å². The first kappa shape index (κ1) is 27.4. The number of amides is 1. The fourth-order valence-electron chi connectivity index (χ4n) is 5.55. The van der Waals surface area contributed by atoms with Crippen molar-refractivity contribution in [2.24, 2.45) is 5.41 Å². The minimum Gasteiger partial charge on any atom is -0.469 e. The van der Waals surface area contributed by atoms with Crippen molar-refractivity contribution in [2.45, 2.75) is 58.3 Å². The molecule has 1 amide bonds. The number of methoxy groups -OCH3 is 1. The number of carbonyl (C=O) groups excluding carboxylic acids is 2. The van der Waals surface area contributed by atoms with Crippen molar-refractivity contribution in [3.8, 4) is 11.1 Å². The van der Waals surface area contributed by atoms with Gasteiger partial charge in [-0.15, -0.1) is 0 Å². The van der Waals surface area contributed by atoms with E-state index in [-0.39, 0.29) is 11.9 Å². The predicted octanol–water partition coefficient (Wildman–Crippen LogP) is 6.97. The summed E-state index contributed by atoms with van der Waals surface area (Å²) in [6.45, 7) is 2.01. The van der Waals surface area contributed by atoms with E-state index in [9.17, 15) is 9.59 Å². The van der Waals surface area contributed by atoms with Crippen LogP contribution in [0.1, 0.15) is 55.2 Å². The van der Waals surface area contributed by atoms with Crippen molar-refractivity contribution in [1.29, 1.82) is 0 Å². The third kappa shape index (κ3) is 6.45. The topological polar surface area (TPSA) is 58.6 Å². The lowest BCUT2D eigenvalue weighted by Crippen LogP contribution is -2.40. The summed E-state index contributed by atoms with van der Waals surface area (Å²) in [7, 11) is 5.50. The highest BCUT2D eigenvalue weighted by molar-refractivity contribution is 5.96. The fraction of sp³-hybridized carbons (Fsp3) is 0.394. The van der Waals surface area contributed by atoms with Gasteiger partial charge in [-0.25, -0.2) is 0 Å². The first-order valence-corrected chi connectivity index (χ1v) is 13.6.